The van der Waals surface area contributed by atoms with E-state index >= 15 is 0 Å². The second-order valence-electron chi connectivity index (χ2n) is 4.21. The van der Waals surface area contributed by atoms with E-state index in [1.165, 1.54) is 6.26 Å². The summed E-state index contributed by atoms with van der Waals surface area (Å²) in [7, 11) is 0. The highest BCUT2D eigenvalue weighted by atomic mass is 16.6. The lowest BCUT2D eigenvalue weighted by Crippen LogP contribution is -2.32. The first kappa shape index (κ1) is 11.8. The van der Waals surface area contributed by atoms with Crippen LogP contribution in [0.25, 0.3) is 0 Å². The van der Waals surface area contributed by atoms with Crippen LogP contribution in [-0.2, 0) is 19.1 Å². The number of rotatable bonds is 3. The lowest BCUT2D eigenvalue weighted by Gasteiger charge is -2.20. The Labute approximate surface area is 98.8 Å². The van der Waals surface area contributed by atoms with Crippen molar-refractivity contribution in [1.29, 1.82) is 0 Å². The molecule has 0 aliphatic carbocycles. The van der Waals surface area contributed by atoms with Gasteiger partial charge in [-0.25, -0.2) is 0 Å². The summed E-state index contributed by atoms with van der Waals surface area (Å²) in [6.45, 7) is 1.89. The van der Waals surface area contributed by atoms with Gasteiger partial charge in [0.2, 0.25) is 5.76 Å². The molecule has 1 fully saturated rings. The highest BCUT2D eigenvalue weighted by Crippen LogP contribution is 2.21. The summed E-state index contributed by atoms with van der Waals surface area (Å²) in [6, 6.07) is 0. The Balaban J connectivity index is 1.89. The maximum atomic E-state index is 11.9. The van der Waals surface area contributed by atoms with Crippen LogP contribution in [0, 0.1) is 5.92 Å². The number of ether oxygens (including phenoxy) is 2. The molecule has 1 unspecified atom stereocenters. The summed E-state index contributed by atoms with van der Waals surface area (Å²) in [5, 5.41) is 8.69. The fourth-order valence-electron chi connectivity index (χ4n) is 2.07. The predicted octanol–water partition coefficient (Wildman–Crippen LogP) is 0.198. The van der Waals surface area contributed by atoms with E-state index in [0.29, 0.717) is 26.3 Å². The Hall–Kier alpha value is -1.72. The Bertz CT molecular complexity index is 352. The van der Waals surface area contributed by atoms with Crippen LogP contribution < -0.4 is 0 Å². The van der Waals surface area contributed by atoms with E-state index < -0.39 is 5.97 Å². The smallest absolute Gasteiger partial charge is 0.303 e. The third-order valence-electron chi connectivity index (χ3n) is 2.90. The molecule has 1 amide bonds. The molecule has 6 heteroatoms. The topological polar surface area (TPSA) is 76.1 Å². The third-order valence-corrected chi connectivity index (χ3v) is 2.90. The second kappa shape index (κ2) is 5.07. The first-order valence-corrected chi connectivity index (χ1v) is 5.62. The number of aliphatic carboxylic acids is 1. The molecule has 1 atom stereocenters. The van der Waals surface area contributed by atoms with Gasteiger partial charge in [-0.3, -0.25) is 9.59 Å². The number of amides is 1. The zero-order valence-corrected chi connectivity index (χ0v) is 9.42. The molecule has 0 aromatic heterocycles. The minimum atomic E-state index is -0.819. The fourth-order valence-corrected chi connectivity index (χ4v) is 2.07. The number of carboxylic acids is 1. The quantitative estimate of drug-likeness (QED) is 0.763. The van der Waals surface area contributed by atoms with E-state index in [4.69, 9.17) is 14.6 Å². The average Bonchev–Trinajstić information content (AvgIpc) is 2.77. The number of likely N-dealkylation sites (tertiary alicyclic amines) is 1. The van der Waals surface area contributed by atoms with Crippen molar-refractivity contribution >= 4 is 11.9 Å². The van der Waals surface area contributed by atoms with Gasteiger partial charge in [-0.05, 0) is 12.3 Å². The van der Waals surface area contributed by atoms with Crippen LogP contribution in [-0.4, -0.2) is 48.2 Å². The molecule has 0 aromatic carbocycles. The van der Waals surface area contributed by atoms with Crippen LogP contribution in [0.2, 0.25) is 0 Å². The van der Waals surface area contributed by atoms with E-state index in [9.17, 15) is 9.59 Å². The molecule has 17 heavy (non-hydrogen) atoms. The van der Waals surface area contributed by atoms with Crippen molar-refractivity contribution in [3.63, 3.8) is 0 Å². The molecule has 1 N–H and O–H groups in total. The number of carbonyl (C=O) groups is 2. The highest BCUT2D eigenvalue weighted by molar-refractivity contribution is 5.91. The number of nitrogens with zero attached hydrogens (tertiary/aromatic N) is 1. The van der Waals surface area contributed by atoms with Crippen LogP contribution in [0.3, 0.4) is 0 Å². The Morgan fingerprint density at radius 3 is 2.94 bits per heavy atom. The van der Waals surface area contributed by atoms with Crippen molar-refractivity contribution in [3.05, 3.63) is 12.0 Å². The van der Waals surface area contributed by atoms with Crippen LogP contribution in [0.1, 0.15) is 12.8 Å². The zero-order valence-electron chi connectivity index (χ0n) is 9.42. The standard InChI is InChI=1S/C11H15NO5/c13-10(14)5-8-1-2-12(6-8)11(15)9-7-16-3-4-17-9/h7-8H,1-6H2,(H,13,14). The number of hydrogen-bond donors (Lipinski definition) is 1. The first-order chi connectivity index (χ1) is 8.16. The molecule has 1 saturated heterocycles. The number of hydrogen-bond acceptors (Lipinski definition) is 4. The van der Waals surface area contributed by atoms with E-state index in [-0.39, 0.29) is 24.0 Å². The third kappa shape index (κ3) is 2.89. The van der Waals surface area contributed by atoms with Crippen LogP contribution in [0.15, 0.2) is 12.0 Å². The van der Waals surface area contributed by atoms with Crippen molar-refractivity contribution in [1.82, 2.24) is 4.90 Å². The van der Waals surface area contributed by atoms with Gasteiger partial charge in [0.1, 0.15) is 19.5 Å². The van der Waals surface area contributed by atoms with E-state index in [2.05, 4.69) is 0 Å². The van der Waals surface area contributed by atoms with Crippen molar-refractivity contribution in [3.8, 4) is 0 Å². The van der Waals surface area contributed by atoms with E-state index in [0.717, 1.165) is 6.42 Å². The summed E-state index contributed by atoms with van der Waals surface area (Å²) in [4.78, 5) is 24.1. The van der Waals surface area contributed by atoms with Gasteiger partial charge in [0.15, 0.2) is 0 Å². The Kier molecular flexibility index (Phi) is 3.51. The normalized spacial score (nSPS) is 23.6. The lowest BCUT2D eigenvalue weighted by atomic mass is 10.1. The molecule has 0 aromatic rings. The summed E-state index contributed by atoms with van der Waals surface area (Å²) >= 11 is 0. The Morgan fingerprint density at radius 2 is 2.29 bits per heavy atom. The zero-order chi connectivity index (χ0) is 12.3. The van der Waals surface area contributed by atoms with Crippen molar-refractivity contribution in [2.24, 2.45) is 5.92 Å². The molecular formula is C11H15NO5. The average molecular weight is 241 g/mol. The second-order valence-corrected chi connectivity index (χ2v) is 4.21. The molecule has 0 spiro atoms. The monoisotopic (exact) mass is 241 g/mol. The van der Waals surface area contributed by atoms with Gasteiger partial charge in [0, 0.05) is 19.5 Å². The largest absolute Gasteiger partial charge is 0.494 e. The summed E-state index contributed by atoms with van der Waals surface area (Å²) in [5.41, 5.74) is 0. The minimum absolute atomic E-state index is 0.0431. The molecule has 6 nitrogen and oxygen atoms in total. The van der Waals surface area contributed by atoms with Crippen LogP contribution >= 0.6 is 0 Å². The van der Waals surface area contributed by atoms with Gasteiger partial charge >= 0.3 is 5.97 Å². The predicted molar refractivity (Wildman–Crippen MR) is 56.9 cm³/mol. The van der Waals surface area contributed by atoms with Crippen molar-refractivity contribution < 1.29 is 24.2 Å². The number of carboxylic acid groups (broad SMARTS) is 1. The molecule has 2 heterocycles. The molecule has 2 aliphatic heterocycles. The van der Waals surface area contributed by atoms with Gasteiger partial charge in [-0.1, -0.05) is 0 Å². The fraction of sp³-hybridized carbons (Fsp3) is 0.636. The summed E-state index contributed by atoms with van der Waals surface area (Å²) in [5.74, 6) is -0.771. The summed E-state index contributed by atoms with van der Waals surface area (Å²) in [6.07, 6.45) is 2.17. The highest BCUT2D eigenvalue weighted by Gasteiger charge is 2.30. The van der Waals surface area contributed by atoms with Gasteiger partial charge in [0.05, 0.1) is 0 Å². The molecular weight excluding hydrogens is 226 g/mol. The van der Waals surface area contributed by atoms with Gasteiger partial charge in [0.25, 0.3) is 5.91 Å². The molecule has 0 bridgehead atoms. The molecule has 94 valence electrons. The van der Waals surface area contributed by atoms with Crippen molar-refractivity contribution in [2.75, 3.05) is 26.3 Å². The van der Waals surface area contributed by atoms with Gasteiger partial charge in [-0.2, -0.15) is 0 Å². The van der Waals surface area contributed by atoms with Crippen LogP contribution in [0.4, 0.5) is 0 Å². The van der Waals surface area contributed by atoms with E-state index in [1.54, 1.807) is 4.90 Å². The SMILES string of the molecule is O=C(O)CC1CCN(C(=O)C2=COCCO2)C1. The molecule has 2 rings (SSSR count). The maximum absolute atomic E-state index is 11.9. The summed E-state index contributed by atoms with van der Waals surface area (Å²) < 4.78 is 10.2. The minimum Gasteiger partial charge on any atom is -0.494 e. The van der Waals surface area contributed by atoms with E-state index in [1.807, 2.05) is 0 Å². The lowest BCUT2D eigenvalue weighted by molar-refractivity contribution is -0.138. The van der Waals surface area contributed by atoms with Crippen LogP contribution in [0.5, 0.6) is 0 Å². The molecule has 0 saturated carbocycles. The number of carbonyl (C=O) groups excluding carboxylic acids is 1. The van der Waals surface area contributed by atoms with Crippen molar-refractivity contribution in [2.45, 2.75) is 12.8 Å². The Morgan fingerprint density at radius 1 is 1.47 bits per heavy atom. The maximum Gasteiger partial charge on any atom is 0.303 e. The van der Waals surface area contributed by atoms with Gasteiger partial charge < -0.3 is 19.5 Å². The van der Waals surface area contributed by atoms with Gasteiger partial charge in [-0.15, -0.1) is 0 Å². The molecule has 0 radical (unpaired) electrons. The molecule has 2 aliphatic rings. The first-order valence-electron chi connectivity index (χ1n) is 5.62.